The zero-order valence-corrected chi connectivity index (χ0v) is 11.4. The molecule has 2 heterocycles. The van der Waals surface area contributed by atoms with Gasteiger partial charge in [-0.05, 0) is 31.5 Å². The van der Waals surface area contributed by atoms with Gasteiger partial charge in [-0.1, -0.05) is 6.07 Å². The lowest BCUT2D eigenvalue weighted by Crippen LogP contribution is -2.30. The summed E-state index contributed by atoms with van der Waals surface area (Å²) in [6.07, 6.45) is 4.21. The molecule has 0 amide bonds. The summed E-state index contributed by atoms with van der Waals surface area (Å²) in [7, 11) is 0. The molecule has 0 aliphatic rings. The van der Waals surface area contributed by atoms with Crippen molar-refractivity contribution < 1.29 is 4.57 Å². The van der Waals surface area contributed by atoms with Crippen LogP contribution in [0.1, 0.15) is 12.5 Å². The van der Waals surface area contributed by atoms with Gasteiger partial charge in [0.2, 0.25) is 0 Å². The first-order valence-electron chi connectivity index (χ1n) is 6.13. The van der Waals surface area contributed by atoms with Crippen molar-refractivity contribution in [3.05, 3.63) is 48.3 Å². The summed E-state index contributed by atoms with van der Waals surface area (Å²) in [5.74, 6) is 0. The Morgan fingerprint density at radius 2 is 1.94 bits per heavy atom. The molecule has 90 valence electrons. The minimum absolute atomic E-state index is 0.999. The molecular formula is C15H15N2S+. The molecule has 2 aromatic heterocycles. The van der Waals surface area contributed by atoms with Crippen molar-refractivity contribution in [2.45, 2.75) is 20.4 Å². The highest BCUT2D eigenvalue weighted by molar-refractivity contribution is 7.21. The lowest BCUT2D eigenvalue weighted by molar-refractivity contribution is -0.693. The van der Waals surface area contributed by atoms with Crippen LogP contribution in [0.4, 0.5) is 0 Å². The largest absolute Gasteiger partial charge is 0.236 e. The molecule has 0 spiro atoms. The highest BCUT2D eigenvalue weighted by atomic mass is 32.1. The van der Waals surface area contributed by atoms with Crippen molar-refractivity contribution in [3.8, 4) is 10.6 Å². The van der Waals surface area contributed by atoms with Gasteiger partial charge in [0.15, 0.2) is 12.4 Å². The smallest absolute Gasteiger partial charge is 0.169 e. The van der Waals surface area contributed by atoms with E-state index in [0.29, 0.717) is 0 Å². The van der Waals surface area contributed by atoms with Crippen LogP contribution in [-0.4, -0.2) is 4.98 Å². The fraction of sp³-hybridized carbons (Fsp3) is 0.200. The van der Waals surface area contributed by atoms with Gasteiger partial charge in [-0.3, -0.25) is 0 Å². The monoisotopic (exact) mass is 255 g/mol. The van der Waals surface area contributed by atoms with Crippen molar-refractivity contribution in [1.82, 2.24) is 4.98 Å². The first kappa shape index (κ1) is 11.4. The lowest BCUT2D eigenvalue weighted by atomic mass is 10.2. The molecular weight excluding hydrogens is 240 g/mol. The third-order valence-corrected chi connectivity index (χ3v) is 4.11. The third kappa shape index (κ3) is 2.02. The third-order valence-electron chi connectivity index (χ3n) is 3.05. The minimum Gasteiger partial charge on any atom is -0.236 e. The predicted molar refractivity (Wildman–Crippen MR) is 75.7 cm³/mol. The summed E-state index contributed by atoms with van der Waals surface area (Å²) >= 11 is 1.76. The predicted octanol–water partition coefficient (Wildman–Crippen LogP) is 3.58. The summed E-state index contributed by atoms with van der Waals surface area (Å²) in [6, 6.07) is 10.7. The Kier molecular flexibility index (Phi) is 2.84. The van der Waals surface area contributed by atoms with Crippen LogP contribution in [0.3, 0.4) is 0 Å². The van der Waals surface area contributed by atoms with E-state index in [2.05, 4.69) is 66.1 Å². The molecule has 0 aliphatic heterocycles. The Morgan fingerprint density at radius 3 is 2.67 bits per heavy atom. The maximum Gasteiger partial charge on any atom is 0.169 e. The van der Waals surface area contributed by atoms with E-state index in [-0.39, 0.29) is 0 Å². The van der Waals surface area contributed by atoms with Crippen LogP contribution in [0.2, 0.25) is 0 Å². The van der Waals surface area contributed by atoms with Crippen molar-refractivity contribution in [3.63, 3.8) is 0 Å². The molecule has 0 N–H and O–H groups in total. The fourth-order valence-corrected chi connectivity index (χ4v) is 3.04. The van der Waals surface area contributed by atoms with Gasteiger partial charge in [-0.15, -0.1) is 11.3 Å². The SMILES string of the molecule is CC[n+]1ccc(-c2nc3ccc(C)cc3s2)cc1. The van der Waals surface area contributed by atoms with E-state index >= 15 is 0 Å². The molecule has 1 aromatic carbocycles. The molecule has 18 heavy (non-hydrogen) atoms. The number of thiazole rings is 1. The van der Waals surface area contributed by atoms with E-state index in [1.807, 2.05) is 0 Å². The zero-order valence-electron chi connectivity index (χ0n) is 10.6. The van der Waals surface area contributed by atoms with E-state index in [9.17, 15) is 0 Å². The summed E-state index contributed by atoms with van der Waals surface area (Å²) in [5, 5.41) is 1.10. The maximum atomic E-state index is 4.69. The van der Waals surface area contributed by atoms with E-state index in [4.69, 9.17) is 0 Å². The van der Waals surface area contributed by atoms with Gasteiger partial charge in [-0.2, -0.15) is 0 Å². The lowest BCUT2D eigenvalue weighted by Gasteiger charge is -1.94. The summed E-state index contributed by atoms with van der Waals surface area (Å²) in [4.78, 5) is 4.69. The highest BCUT2D eigenvalue weighted by Crippen LogP contribution is 2.29. The number of benzene rings is 1. The van der Waals surface area contributed by atoms with Crippen LogP contribution in [0, 0.1) is 6.92 Å². The number of fused-ring (bicyclic) bond motifs is 1. The minimum atomic E-state index is 0.999. The molecule has 0 radical (unpaired) electrons. The van der Waals surface area contributed by atoms with Gasteiger partial charge in [0.25, 0.3) is 0 Å². The van der Waals surface area contributed by atoms with Crippen molar-refractivity contribution in [2.75, 3.05) is 0 Å². The first-order chi connectivity index (χ1) is 8.76. The van der Waals surface area contributed by atoms with Crippen molar-refractivity contribution in [2.24, 2.45) is 0 Å². The number of nitrogens with zero attached hydrogens (tertiary/aromatic N) is 2. The number of rotatable bonds is 2. The molecule has 0 atom stereocenters. The van der Waals surface area contributed by atoms with E-state index in [0.717, 1.165) is 17.1 Å². The molecule has 0 fully saturated rings. The summed E-state index contributed by atoms with van der Waals surface area (Å²) < 4.78 is 3.42. The number of aromatic nitrogens is 2. The van der Waals surface area contributed by atoms with E-state index in [1.165, 1.54) is 15.8 Å². The van der Waals surface area contributed by atoms with Gasteiger partial charge in [-0.25, -0.2) is 9.55 Å². The quantitative estimate of drug-likeness (QED) is 0.640. The Hall–Kier alpha value is -1.74. The molecule has 0 aliphatic carbocycles. The second-order valence-corrected chi connectivity index (χ2v) is 5.44. The van der Waals surface area contributed by atoms with Gasteiger partial charge in [0.1, 0.15) is 11.6 Å². The average molecular weight is 255 g/mol. The normalized spacial score (nSPS) is 11.0. The molecule has 0 saturated heterocycles. The second-order valence-electron chi connectivity index (χ2n) is 4.41. The topological polar surface area (TPSA) is 16.8 Å². The maximum absolute atomic E-state index is 4.69. The average Bonchev–Trinajstić information content (AvgIpc) is 2.81. The Bertz CT molecular complexity index is 683. The van der Waals surface area contributed by atoms with Crippen LogP contribution in [0.25, 0.3) is 20.8 Å². The van der Waals surface area contributed by atoms with Crippen LogP contribution in [-0.2, 0) is 6.54 Å². The second kappa shape index (κ2) is 4.50. The molecule has 0 saturated carbocycles. The first-order valence-corrected chi connectivity index (χ1v) is 6.94. The van der Waals surface area contributed by atoms with Crippen LogP contribution < -0.4 is 4.57 Å². The van der Waals surface area contributed by atoms with Crippen molar-refractivity contribution >= 4 is 21.6 Å². The number of hydrogen-bond acceptors (Lipinski definition) is 2. The number of pyridine rings is 1. The molecule has 0 bridgehead atoms. The van der Waals surface area contributed by atoms with Gasteiger partial charge in [0.05, 0.1) is 10.2 Å². The fourth-order valence-electron chi connectivity index (χ4n) is 1.97. The zero-order chi connectivity index (χ0) is 12.5. The standard InChI is InChI=1S/C15H15N2S/c1-3-17-8-6-12(7-9-17)15-16-13-5-4-11(2)10-14(13)18-15/h4-10H,3H2,1-2H3/q+1. The molecule has 3 aromatic rings. The Balaban J connectivity index is 2.07. The van der Waals surface area contributed by atoms with E-state index < -0.39 is 0 Å². The van der Waals surface area contributed by atoms with Crippen LogP contribution >= 0.6 is 11.3 Å². The summed E-state index contributed by atoms with van der Waals surface area (Å²) in [6.45, 7) is 5.25. The highest BCUT2D eigenvalue weighted by Gasteiger charge is 2.07. The number of hydrogen-bond donors (Lipinski definition) is 0. The van der Waals surface area contributed by atoms with E-state index in [1.54, 1.807) is 11.3 Å². The van der Waals surface area contributed by atoms with Crippen LogP contribution in [0.5, 0.6) is 0 Å². The van der Waals surface area contributed by atoms with Crippen LogP contribution in [0.15, 0.2) is 42.7 Å². The Labute approximate surface area is 111 Å². The molecule has 0 unspecified atom stereocenters. The molecule has 3 rings (SSSR count). The molecule has 2 nitrogen and oxygen atoms in total. The Morgan fingerprint density at radius 1 is 1.17 bits per heavy atom. The van der Waals surface area contributed by atoms with Crippen molar-refractivity contribution in [1.29, 1.82) is 0 Å². The number of aryl methyl sites for hydroxylation is 2. The van der Waals surface area contributed by atoms with Gasteiger partial charge in [0, 0.05) is 17.7 Å². The van der Waals surface area contributed by atoms with Gasteiger partial charge < -0.3 is 0 Å². The summed E-state index contributed by atoms with van der Waals surface area (Å²) in [5.41, 5.74) is 3.57. The molecule has 3 heteroatoms. The van der Waals surface area contributed by atoms with Gasteiger partial charge >= 0.3 is 0 Å².